The number of aromatic hydroxyl groups is 1. The van der Waals surface area contributed by atoms with Gasteiger partial charge in [0.05, 0.1) is 41.6 Å². The van der Waals surface area contributed by atoms with Crippen molar-refractivity contribution in [2.24, 2.45) is 0 Å². The monoisotopic (exact) mass is 698 g/mol. The van der Waals surface area contributed by atoms with E-state index in [-0.39, 0.29) is 41.7 Å². The van der Waals surface area contributed by atoms with Gasteiger partial charge in [0.1, 0.15) is 36.0 Å². The molecule has 1 aliphatic heterocycles. The summed E-state index contributed by atoms with van der Waals surface area (Å²) in [6.07, 6.45) is 2.75. The summed E-state index contributed by atoms with van der Waals surface area (Å²) >= 11 is 0. The van der Waals surface area contributed by atoms with Gasteiger partial charge in [-0.3, -0.25) is 14.2 Å². The fraction of sp³-hybridized carbons (Fsp3) is 0.237. The van der Waals surface area contributed by atoms with E-state index in [0.29, 0.717) is 95.7 Å². The number of aromatic carboxylic acids is 1. The van der Waals surface area contributed by atoms with Crippen molar-refractivity contribution in [2.45, 2.75) is 32.4 Å². The molecule has 14 nitrogen and oxygen atoms in total. The summed E-state index contributed by atoms with van der Waals surface area (Å²) in [6.45, 7) is 2.29. The lowest BCUT2D eigenvalue weighted by Gasteiger charge is -2.26. The lowest BCUT2D eigenvalue weighted by molar-refractivity contribution is -0.135. The largest absolute Gasteiger partial charge is 0.508 e. The van der Waals surface area contributed by atoms with E-state index >= 15 is 0 Å². The Hall–Kier alpha value is -6.59. The number of phenols is 1. The Morgan fingerprint density at radius 2 is 1.77 bits per heavy atom. The van der Waals surface area contributed by atoms with E-state index in [1.54, 1.807) is 64.2 Å². The van der Waals surface area contributed by atoms with Crippen LogP contribution in [0.15, 0.2) is 77.9 Å². The zero-order valence-electron chi connectivity index (χ0n) is 28.0. The number of nitrogens with zero attached hydrogens (tertiary/aromatic N) is 7. The molecule has 1 amide bonds. The van der Waals surface area contributed by atoms with E-state index in [9.17, 15) is 24.6 Å². The number of nitrogens with two attached hydrogens (primary N) is 1. The van der Waals surface area contributed by atoms with E-state index < -0.39 is 5.97 Å². The van der Waals surface area contributed by atoms with Crippen LogP contribution in [0.4, 0.5) is 5.82 Å². The molecule has 1 fully saturated rings. The lowest BCUT2D eigenvalue weighted by Crippen LogP contribution is -2.40. The molecule has 14 heteroatoms. The summed E-state index contributed by atoms with van der Waals surface area (Å²) in [5, 5.41) is 25.4. The molecule has 1 saturated heterocycles. The summed E-state index contributed by atoms with van der Waals surface area (Å²) in [5.74, 6) is 5.81. The number of phenolic OH excluding ortho intramolecular Hbond substituents is 1. The topological polar surface area (TPSA) is 192 Å². The van der Waals surface area contributed by atoms with Gasteiger partial charge < -0.3 is 25.6 Å². The number of carbonyl (C=O) groups excluding carboxylic acids is 1. The molecule has 52 heavy (non-hydrogen) atoms. The number of ether oxygens (including phenoxy) is 1. The van der Waals surface area contributed by atoms with Crippen LogP contribution in [0.2, 0.25) is 0 Å². The Balaban J connectivity index is 1.28. The first-order chi connectivity index (χ1) is 25.3. The van der Waals surface area contributed by atoms with Crippen LogP contribution in [-0.2, 0) is 22.6 Å². The molecule has 7 rings (SSSR count). The molecule has 0 radical (unpaired) electrons. The number of carboxylic acid groups (broad SMARTS) is 1. The number of fused-ring (bicyclic) bond motifs is 2. The average Bonchev–Trinajstić information content (AvgIpc) is 3.52. The van der Waals surface area contributed by atoms with Crippen molar-refractivity contribution in [2.75, 3.05) is 32.0 Å². The first-order valence-corrected chi connectivity index (χ1v) is 16.7. The summed E-state index contributed by atoms with van der Waals surface area (Å²) < 4.78 is 8.39. The van der Waals surface area contributed by atoms with Crippen LogP contribution in [0.1, 0.15) is 46.6 Å². The smallest absolute Gasteiger partial charge is 0.335 e. The zero-order chi connectivity index (χ0) is 36.2. The molecule has 0 saturated carbocycles. The van der Waals surface area contributed by atoms with E-state index in [4.69, 9.17) is 20.6 Å². The average molecular weight is 699 g/mol. The molecule has 3 aromatic heterocycles. The highest BCUT2D eigenvalue weighted by Gasteiger charge is 2.21. The highest BCUT2D eigenvalue weighted by atomic mass is 16.5. The quantitative estimate of drug-likeness (QED) is 0.147. The number of carboxylic acids is 1. The number of unbranched alkanes of at least 4 members (excludes halogenated alkanes) is 1. The fourth-order valence-corrected chi connectivity index (χ4v) is 6.27. The third-order valence-electron chi connectivity index (χ3n) is 8.83. The number of aromatic nitrogens is 6. The Bertz CT molecular complexity index is 2460. The fourth-order valence-electron chi connectivity index (χ4n) is 6.27. The molecular formula is C38H34N8O6. The predicted molar refractivity (Wildman–Crippen MR) is 193 cm³/mol. The maximum Gasteiger partial charge on any atom is 0.335 e. The first kappa shape index (κ1) is 33.9. The van der Waals surface area contributed by atoms with Crippen molar-refractivity contribution in [3.05, 3.63) is 106 Å². The molecule has 0 spiro atoms. The molecule has 4 heterocycles. The summed E-state index contributed by atoms with van der Waals surface area (Å²) in [5.41, 5.74) is 8.94. The van der Waals surface area contributed by atoms with E-state index in [0.717, 1.165) is 0 Å². The van der Waals surface area contributed by atoms with Gasteiger partial charge >= 0.3 is 5.97 Å². The SMILES string of the molecule is Nc1ncnc2c1c(-c1cccc(O)c1)nn2Cc1nc2cccc(C#CCCCC(=O)N3CCOCC3)c2c(=O)n1Cc1cccc(C(=O)O)c1. The van der Waals surface area contributed by atoms with Crippen LogP contribution in [0.3, 0.4) is 0 Å². The van der Waals surface area contributed by atoms with Crippen LogP contribution in [0.5, 0.6) is 5.75 Å². The minimum Gasteiger partial charge on any atom is -0.508 e. The number of amides is 1. The minimum absolute atomic E-state index is 0.0113. The van der Waals surface area contributed by atoms with Gasteiger partial charge in [-0.1, -0.05) is 42.2 Å². The first-order valence-electron chi connectivity index (χ1n) is 16.7. The number of benzene rings is 3. The summed E-state index contributed by atoms with van der Waals surface area (Å²) in [4.78, 5) is 54.2. The predicted octanol–water partition coefficient (Wildman–Crippen LogP) is 3.67. The Labute approximate surface area is 297 Å². The number of hydrogen-bond donors (Lipinski definition) is 3. The number of anilines is 1. The Morgan fingerprint density at radius 3 is 2.58 bits per heavy atom. The molecule has 0 unspecified atom stereocenters. The van der Waals surface area contributed by atoms with Crippen molar-refractivity contribution < 1.29 is 24.5 Å². The van der Waals surface area contributed by atoms with Crippen LogP contribution in [0, 0.1) is 11.8 Å². The maximum atomic E-state index is 14.5. The number of nitrogen functional groups attached to an aromatic ring is 1. The van der Waals surface area contributed by atoms with Crippen molar-refractivity contribution in [3.8, 4) is 28.8 Å². The third kappa shape index (κ3) is 7.03. The van der Waals surface area contributed by atoms with E-state index in [1.165, 1.54) is 23.0 Å². The molecule has 4 N–H and O–H groups in total. The Kier molecular flexibility index (Phi) is 9.59. The van der Waals surface area contributed by atoms with Gasteiger partial charge in [-0.05, 0) is 48.4 Å². The second-order valence-corrected chi connectivity index (χ2v) is 12.3. The standard InChI is InChI=1S/C38H34N8O6/c39-35-33-34(26-10-5-12-28(47)20-26)43-46(36(33)41-23-40-35)22-30-42-29-13-6-9-25(8-2-1-3-14-31(48)44-15-17-52-18-16-44)32(29)37(49)45(30)21-24-7-4-11-27(19-24)38(50)51/h4-7,9-13,19-20,23,47H,1,3,14-18,21-22H2,(H,50,51)(H2,39,40,41). The summed E-state index contributed by atoms with van der Waals surface area (Å²) in [6, 6.07) is 18.2. The van der Waals surface area contributed by atoms with Crippen molar-refractivity contribution >= 4 is 39.6 Å². The van der Waals surface area contributed by atoms with Gasteiger partial charge in [0, 0.05) is 37.1 Å². The van der Waals surface area contributed by atoms with Gasteiger partial charge in [-0.15, -0.1) is 0 Å². The van der Waals surface area contributed by atoms with Crippen molar-refractivity contribution in [1.82, 2.24) is 34.2 Å². The van der Waals surface area contributed by atoms with Crippen LogP contribution in [-0.4, -0.2) is 82.6 Å². The molecule has 0 bridgehead atoms. The second kappa shape index (κ2) is 14.7. The van der Waals surface area contributed by atoms with Crippen LogP contribution < -0.4 is 11.3 Å². The molecule has 3 aromatic carbocycles. The van der Waals surface area contributed by atoms with Gasteiger partial charge in [0.15, 0.2) is 5.65 Å². The Morgan fingerprint density at radius 1 is 0.962 bits per heavy atom. The van der Waals surface area contributed by atoms with Gasteiger partial charge in [-0.25, -0.2) is 24.4 Å². The normalized spacial score (nSPS) is 12.9. The van der Waals surface area contributed by atoms with E-state index in [1.807, 2.05) is 0 Å². The minimum atomic E-state index is -1.09. The highest BCUT2D eigenvalue weighted by Crippen LogP contribution is 2.32. The molecule has 1 aliphatic rings. The van der Waals surface area contributed by atoms with Crippen LogP contribution in [0.25, 0.3) is 33.2 Å². The molecule has 0 aliphatic carbocycles. The van der Waals surface area contributed by atoms with Gasteiger partial charge in [-0.2, -0.15) is 5.10 Å². The molecule has 262 valence electrons. The molecule has 6 aromatic rings. The van der Waals surface area contributed by atoms with Gasteiger partial charge in [0.25, 0.3) is 5.56 Å². The number of hydrogen-bond acceptors (Lipinski definition) is 10. The summed E-state index contributed by atoms with van der Waals surface area (Å²) in [7, 11) is 0. The lowest BCUT2D eigenvalue weighted by atomic mass is 10.1. The van der Waals surface area contributed by atoms with Crippen molar-refractivity contribution in [1.29, 1.82) is 0 Å². The third-order valence-corrected chi connectivity index (χ3v) is 8.83. The number of rotatable bonds is 9. The number of carbonyl (C=O) groups is 2. The van der Waals surface area contributed by atoms with Crippen LogP contribution >= 0.6 is 0 Å². The van der Waals surface area contributed by atoms with Crippen molar-refractivity contribution in [3.63, 3.8) is 0 Å². The molecule has 0 atom stereocenters. The number of morpholine rings is 1. The zero-order valence-corrected chi connectivity index (χ0v) is 28.0. The maximum absolute atomic E-state index is 14.5. The van der Waals surface area contributed by atoms with E-state index in [2.05, 4.69) is 21.8 Å². The highest BCUT2D eigenvalue weighted by molar-refractivity contribution is 5.98. The van der Waals surface area contributed by atoms with Gasteiger partial charge in [0.2, 0.25) is 5.91 Å². The second-order valence-electron chi connectivity index (χ2n) is 12.3. The molecular weight excluding hydrogens is 664 g/mol.